The van der Waals surface area contributed by atoms with Gasteiger partial charge in [0.05, 0.1) is 10.6 Å². The van der Waals surface area contributed by atoms with Gasteiger partial charge >= 0.3 is 0 Å². The highest BCUT2D eigenvalue weighted by molar-refractivity contribution is 9.10. The van der Waals surface area contributed by atoms with Crippen molar-refractivity contribution >= 4 is 33.8 Å². The molecule has 0 bridgehead atoms. The van der Waals surface area contributed by atoms with Gasteiger partial charge < -0.3 is 0 Å². The molecule has 70 valence electrons. The Kier molecular flexibility index (Phi) is 3.33. The molecule has 0 amide bonds. The summed E-state index contributed by atoms with van der Waals surface area (Å²) in [6.45, 7) is 0. The predicted octanol–water partition coefficient (Wildman–Crippen LogP) is 3.25. The number of alkyl halides is 2. The molecule has 0 aliphatic carbocycles. The van der Waals surface area contributed by atoms with E-state index in [2.05, 4.69) is 20.9 Å². The molecule has 0 radical (unpaired) electrons. The summed E-state index contributed by atoms with van der Waals surface area (Å²) in [6, 6.07) is 0. The van der Waals surface area contributed by atoms with Gasteiger partial charge in [-0.25, -0.2) is 8.78 Å². The Bertz CT molecular complexity index is 346. The fraction of sp³-hybridized carbons (Fsp3) is 0.143. The van der Waals surface area contributed by atoms with E-state index in [1.54, 1.807) is 0 Å². The molecule has 0 N–H and O–H groups in total. The van der Waals surface area contributed by atoms with Gasteiger partial charge in [0.25, 0.3) is 6.43 Å². The molecule has 0 saturated carbocycles. The molecule has 0 saturated heterocycles. The molecule has 0 spiro atoms. The van der Waals surface area contributed by atoms with Crippen LogP contribution < -0.4 is 0 Å². The molecule has 2 nitrogen and oxygen atoms in total. The lowest BCUT2D eigenvalue weighted by Crippen LogP contribution is -1.96. The first kappa shape index (κ1) is 10.5. The number of nitrogens with zero attached hydrogens (tertiary/aromatic N) is 1. The van der Waals surface area contributed by atoms with Crippen LogP contribution in [0.4, 0.5) is 8.78 Å². The lowest BCUT2D eigenvalue weighted by molar-refractivity contribution is 0.112. The Hall–Kier alpha value is -0.550. The van der Waals surface area contributed by atoms with Gasteiger partial charge in [-0.15, -0.1) is 0 Å². The summed E-state index contributed by atoms with van der Waals surface area (Å²) in [5, 5.41) is -0.306. The summed E-state index contributed by atoms with van der Waals surface area (Å²) < 4.78 is 24.7. The second-order valence-electron chi connectivity index (χ2n) is 2.14. The minimum Gasteiger partial charge on any atom is -0.298 e. The summed E-state index contributed by atoms with van der Waals surface area (Å²) in [7, 11) is 0. The SMILES string of the molecule is O=Cc1c(Br)cnc(C(F)F)c1Cl. The van der Waals surface area contributed by atoms with Gasteiger partial charge in [0, 0.05) is 10.7 Å². The van der Waals surface area contributed by atoms with Crippen molar-refractivity contribution in [2.75, 3.05) is 0 Å². The molecular formula is C7H3BrClF2NO. The molecule has 1 aromatic heterocycles. The van der Waals surface area contributed by atoms with Gasteiger partial charge in [-0.3, -0.25) is 9.78 Å². The van der Waals surface area contributed by atoms with Crippen LogP contribution in [0, 0.1) is 0 Å². The van der Waals surface area contributed by atoms with E-state index >= 15 is 0 Å². The van der Waals surface area contributed by atoms with E-state index in [1.165, 1.54) is 0 Å². The Morgan fingerprint density at radius 1 is 1.62 bits per heavy atom. The zero-order valence-corrected chi connectivity index (χ0v) is 8.44. The molecule has 1 rings (SSSR count). The lowest BCUT2D eigenvalue weighted by Gasteiger charge is -2.04. The van der Waals surface area contributed by atoms with E-state index in [1.807, 2.05) is 0 Å². The molecule has 0 aliphatic rings. The van der Waals surface area contributed by atoms with Crippen LogP contribution in [0.1, 0.15) is 22.5 Å². The van der Waals surface area contributed by atoms with Crippen molar-refractivity contribution < 1.29 is 13.6 Å². The molecule has 1 aromatic rings. The van der Waals surface area contributed by atoms with Crippen molar-refractivity contribution in [2.45, 2.75) is 6.43 Å². The molecule has 6 heteroatoms. The number of hydrogen-bond donors (Lipinski definition) is 0. The first-order valence-corrected chi connectivity index (χ1v) is 4.32. The largest absolute Gasteiger partial charge is 0.298 e. The highest BCUT2D eigenvalue weighted by atomic mass is 79.9. The molecule has 0 atom stereocenters. The van der Waals surface area contributed by atoms with Gasteiger partial charge in [0.2, 0.25) is 0 Å². The fourth-order valence-electron chi connectivity index (χ4n) is 0.755. The Morgan fingerprint density at radius 3 is 2.69 bits per heavy atom. The van der Waals surface area contributed by atoms with Crippen molar-refractivity contribution in [1.29, 1.82) is 0 Å². The van der Waals surface area contributed by atoms with Gasteiger partial charge in [-0.2, -0.15) is 0 Å². The van der Waals surface area contributed by atoms with Crippen LogP contribution in [0.5, 0.6) is 0 Å². The van der Waals surface area contributed by atoms with E-state index in [9.17, 15) is 13.6 Å². The van der Waals surface area contributed by atoms with E-state index in [-0.39, 0.29) is 10.6 Å². The standard InChI is InChI=1S/C7H3BrClF2NO/c8-4-1-12-6(7(10)11)5(9)3(4)2-13/h1-2,7H. The highest BCUT2D eigenvalue weighted by Crippen LogP contribution is 2.30. The van der Waals surface area contributed by atoms with Crippen LogP contribution >= 0.6 is 27.5 Å². The Morgan fingerprint density at radius 2 is 2.23 bits per heavy atom. The number of aldehydes is 1. The van der Waals surface area contributed by atoms with Crippen molar-refractivity contribution in [1.82, 2.24) is 4.98 Å². The molecule has 0 unspecified atom stereocenters. The summed E-state index contributed by atoms with van der Waals surface area (Å²) in [5.41, 5.74) is -0.584. The Labute approximate surface area is 86.0 Å². The minimum atomic E-state index is -2.78. The lowest BCUT2D eigenvalue weighted by atomic mass is 10.2. The number of pyridine rings is 1. The average molecular weight is 270 g/mol. The minimum absolute atomic E-state index is 0.00744. The first-order valence-electron chi connectivity index (χ1n) is 3.15. The smallest absolute Gasteiger partial charge is 0.281 e. The molecule has 0 fully saturated rings. The summed E-state index contributed by atoms with van der Waals surface area (Å²) >= 11 is 8.47. The first-order chi connectivity index (χ1) is 6.07. The van der Waals surface area contributed by atoms with Gasteiger partial charge in [0.15, 0.2) is 6.29 Å². The number of carbonyl (C=O) groups excluding carboxylic acids is 1. The fourth-order valence-corrected chi connectivity index (χ4v) is 1.54. The maximum atomic E-state index is 12.2. The molecule has 0 aliphatic heterocycles. The van der Waals surface area contributed by atoms with Gasteiger partial charge in [-0.1, -0.05) is 11.6 Å². The van der Waals surface area contributed by atoms with E-state index in [0.29, 0.717) is 10.8 Å². The average Bonchev–Trinajstić information content (AvgIpc) is 2.04. The molecular weight excluding hydrogens is 267 g/mol. The van der Waals surface area contributed by atoms with Crippen molar-refractivity contribution in [3.63, 3.8) is 0 Å². The van der Waals surface area contributed by atoms with Crippen LogP contribution in [-0.2, 0) is 0 Å². The van der Waals surface area contributed by atoms with Gasteiger partial charge in [0.1, 0.15) is 5.69 Å². The second kappa shape index (κ2) is 4.11. The van der Waals surface area contributed by atoms with Gasteiger partial charge in [-0.05, 0) is 15.9 Å². The maximum absolute atomic E-state index is 12.2. The molecule has 0 aromatic carbocycles. The topological polar surface area (TPSA) is 30.0 Å². The number of carbonyl (C=O) groups is 1. The van der Waals surface area contributed by atoms with Crippen molar-refractivity contribution in [3.05, 3.63) is 26.9 Å². The summed E-state index contributed by atoms with van der Waals surface area (Å²) in [4.78, 5) is 13.8. The molecule has 13 heavy (non-hydrogen) atoms. The maximum Gasteiger partial charge on any atom is 0.281 e. The normalized spacial score (nSPS) is 10.5. The number of aromatic nitrogens is 1. The second-order valence-corrected chi connectivity index (χ2v) is 3.37. The monoisotopic (exact) mass is 269 g/mol. The number of rotatable bonds is 2. The number of hydrogen-bond acceptors (Lipinski definition) is 2. The zero-order chi connectivity index (χ0) is 10.0. The zero-order valence-electron chi connectivity index (χ0n) is 6.10. The third-order valence-electron chi connectivity index (χ3n) is 1.36. The van der Waals surface area contributed by atoms with Crippen LogP contribution in [-0.4, -0.2) is 11.3 Å². The van der Waals surface area contributed by atoms with Crippen molar-refractivity contribution in [3.8, 4) is 0 Å². The highest BCUT2D eigenvalue weighted by Gasteiger charge is 2.18. The van der Waals surface area contributed by atoms with Crippen LogP contribution in [0.25, 0.3) is 0 Å². The summed E-state index contributed by atoms with van der Waals surface area (Å²) in [6.07, 6.45) is -1.25. The van der Waals surface area contributed by atoms with E-state index in [4.69, 9.17) is 11.6 Å². The summed E-state index contributed by atoms with van der Waals surface area (Å²) in [5.74, 6) is 0. The van der Waals surface area contributed by atoms with Crippen LogP contribution in [0.3, 0.4) is 0 Å². The van der Waals surface area contributed by atoms with E-state index < -0.39 is 12.1 Å². The van der Waals surface area contributed by atoms with Crippen LogP contribution in [0.15, 0.2) is 10.7 Å². The molecule has 1 heterocycles. The predicted molar refractivity (Wildman–Crippen MR) is 47.3 cm³/mol. The third kappa shape index (κ3) is 2.03. The van der Waals surface area contributed by atoms with E-state index in [0.717, 1.165) is 6.20 Å². The van der Waals surface area contributed by atoms with Crippen LogP contribution in [0.2, 0.25) is 5.02 Å². The third-order valence-corrected chi connectivity index (χ3v) is 2.39. The Balaban J connectivity index is 3.35. The quantitative estimate of drug-likeness (QED) is 0.772. The number of halogens is 4. The van der Waals surface area contributed by atoms with Crippen molar-refractivity contribution in [2.24, 2.45) is 0 Å².